The van der Waals surface area contributed by atoms with Gasteiger partial charge in [0, 0.05) is 19.5 Å². The second kappa shape index (κ2) is 8.37. The standard InChI is InChI=1S/C16H30N2O3/c1-4-10-16(15(20)21)11-8-13-18(16)12-7-9-14(19)17(5-2)6-3/h4-13H2,1-3H3,(H,20,21). The lowest BCUT2D eigenvalue weighted by Crippen LogP contribution is -2.50. The highest BCUT2D eigenvalue weighted by Gasteiger charge is 2.46. The third-order valence-corrected chi connectivity index (χ3v) is 4.62. The fourth-order valence-electron chi connectivity index (χ4n) is 3.46. The minimum Gasteiger partial charge on any atom is -0.480 e. The summed E-state index contributed by atoms with van der Waals surface area (Å²) in [5.74, 6) is -0.521. The molecule has 0 radical (unpaired) electrons. The molecule has 122 valence electrons. The highest BCUT2D eigenvalue weighted by atomic mass is 16.4. The average molecular weight is 298 g/mol. The molecule has 0 aromatic heterocycles. The normalized spacial score (nSPS) is 22.4. The fourth-order valence-corrected chi connectivity index (χ4v) is 3.46. The van der Waals surface area contributed by atoms with E-state index in [0.717, 1.165) is 45.3 Å². The van der Waals surface area contributed by atoms with Crippen LogP contribution < -0.4 is 0 Å². The molecule has 5 heteroatoms. The van der Waals surface area contributed by atoms with Crippen LogP contribution in [0.1, 0.15) is 59.3 Å². The molecule has 1 heterocycles. The average Bonchev–Trinajstić information content (AvgIpc) is 2.85. The van der Waals surface area contributed by atoms with Gasteiger partial charge in [0.2, 0.25) is 5.91 Å². The molecule has 1 N–H and O–H groups in total. The summed E-state index contributed by atoms with van der Waals surface area (Å²) in [6.45, 7) is 9.04. The zero-order valence-corrected chi connectivity index (χ0v) is 13.7. The van der Waals surface area contributed by atoms with Crippen molar-refractivity contribution in [3.05, 3.63) is 0 Å². The van der Waals surface area contributed by atoms with E-state index >= 15 is 0 Å². The Hall–Kier alpha value is -1.10. The van der Waals surface area contributed by atoms with Gasteiger partial charge in [-0.1, -0.05) is 13.3 Å². The van der Waals surface area contributed by atoms with Crippen molar-refractivity contribution in [3.63, 3.8) is 0 Å². The van der Waals surface area contributed by atoms with E-state index in [1.54, 1.807) is 0 Å². The largest absolute Gasteiger partial charge is 0.480 e. The predicted molar refractivity (Wildman–Crippen MR) is 83.2 cm³/mol. The molecule has 5 nitrogen and oxygen atoms in total. The van der Waals surface area contributed by atoms with E-state index in [1.807, 2.05) is 25.7 Å². The smallest absolute Gasteiger partial charge is 0.324 e. The van der Waals surface area contributed by atoms with Gasteiger partial charge in [0.1, 0.15) is 5.54 Å². The first-order valence-electron chi connectivity index (χ1n) is 8.28. The molecule has 0 aromatic rings. The molecule has 1 fully saturated rings. The van der Waals surface area contributed by atoms with Gasteiger partial charge in [0.05, 0.1) is 0 Å². The Bertz CT molecular complexity index is 355. The summed E-state index contributed by atoms with van der Waals surface area (Å²) in [6, 6.07) is 0. The molecule has 1 aliphatic rings. The zero-order chi connectivity index (χ0) is 15.9. The molecule has 1 aliphatic heterocycles. The third kappa shape index (κ3) is 4.19. The quantitative estimate of drug-likeness (QED) is 0.710. The van der Waals surface area contributed by atoms with E-state index in [2.05, 4.69) is 4.90 Å². The molecule has 0 saturated carbocycles. The summed E-state index contributed by atoms with van der Waals surface area (Å²) >= 11 is 0. The van der Waals surface area contributed by atoms with Gasteiger partial charge in [-0.25, -0.2) is 0 Å². The molecular weight excluding hydrogens is 268 g/mol. The van der Waals surface area contributed by atoms with Crippen molar-refractivity contribution in [2.45, 2.75) is 64.8 Å². The second-order valence-corrected chi connectivity index (χ2v) is 5.85. The van der Waals surface area contributed by atoms with Crippen LogP contribution in [0.4, 0.5) is 0 Å². The maximum atomic E-state index is 12.0. The highest BCUT2D eigenvalue weighted by molar-refractivity contribution is 5.79. The number of carboxylic acid groups (broad SMARTS) is 1. The molecule has 1 unspecified atom stereocenters. The minimum atomic E-state index is -0.697. The molecule has 0 bridgehead atoms. The van der Waals surface area contributed by atoms with E-state index in [4.69, 9.17) is 0 Å². The predicted octanol–water partition coefficient (Wildman–Crippen LogP) is 2.35. The Morgan fingerprint density at radius 2 is 1.90 bits per heavy atom. The second-order valence-electron chi connectivity index (χ2n) is 5.85. The third-order valence-electron chi connectivity index (χ3n) is 4.62. The zero-order valence-electron chi connectivity index (χ0n) is 13.7. The molecule has 1 atom stereocenters. The Morgan fingerprint density at radius 3 is 2.43 bits per heavy atom. The summed E-state index contributed by atoms with van der Waals surface area (Å²) in [5.41, 5.74) is -0.688. The minimum absolute atomic E-state index is 0.176. The van der Waals surface area contributed by atoms with Crippen molar-refractivity contribution in [1.82, 2.24) is 9.80 Å². The first kappa shape index (κ1) is 18.0. The number of aliphatic carboxylic acids is 1. The first-order chi connectivity index (χ1) is 10.0. The fraction of sp³-hybridized carbons (Fsp3) is 0.875. The van der Waals surface area contributed by atoms with Gasteiger partial charge in [0.25, 0.3) is 0 Å². The van der Waals surface area contributed by atoms with E-state index in [9.17, 15) is 14.7 Å². The van der Waals surface area contributed by atoms with Crippen molar-refractivity contribution in [2.24, 2.45) is 0 Å². The van der Waals surface area contributed by atoms with Crippen molar-refractivity contribution in [1.29, 1.82) is 0 Å². The van der Waals surface area contributed by atoms with E-state index < -0.39 is 11.5 Å². The Morgan fingerprint density at radius 1 is 1.24 bits per heavy atom. The van der Waals surface area contributed by atoms with Crippen LogP contribution in [0.15, 0.2) is 0 Å². The number of carbonyl (C=O) groups excluding carboxylic acids is 1. The van der Waals surface area contributed by atoms with Gasteiger partial charge in [-0.2, -0.15) is 0 Å². The molecular formula is C16H30N2O3. The number of nitrogens with zero attached hydrogens (tertiary/aromatic N) is 2. The van der Waals surface area contributed by atoms with Crippen molar-refractivity contribution >= 4 is 11.9 Å². The topological polar surface area (TPSA) is 60.9 Å². The number of likely N-dealkylation sites (tertiary alicyclic amines) is 1. The summed E-state index contributed by atoms with van der Waals surface area (Å²) < 4.78 is 0. The van der Waals surface area contributed by atoms with Crippen LogP contribution in [0, 0.1) is 0 Å². The number of carboxylic acids is 1. The summed E-state index contributed by atoms with van der Waals surface area (Å²) in [5, 5.41) is 9.62. The van der Waals surface area contributed by atoms with Gasteiger partial charge in [-0.15, -0.1) is 0 Å². The van der Waals surface area contributed by atoms with E-state index in [0.29, 0.717) is 19.4 Å². The van der Waals surface area contributed by atoms with Crippen LogP contribution in [0.25, 0.3) is 0 Å². The van der Waals surface area contributed by atoms with Gasteiger partial charge in [-0.05, 0) is 52.6 Å². The molecule has 1 saturated heterocycles. The Kier molecular flexibility index (Phi) is 7.15. The van der Waals surface area contributed by atoms with Crippen LogP contribution >= 0.6 is 0 Å². The van der Waals surface area contributed by atoms with Gasteiger partial charge < -0.3 is 10.0 Å². The van der Waals surface area contributed by atoms with Gasteiger partial charge in [0.15, 0.2) is 0 Å². The van der Waals surface area contributed by atoms with Crippen LogP contribution in [-0.2, 0) is 9.59 Å². The Balaban J connectivity index is 2.53. The Labute approximate surface area is 128 Å². The lowest BCUT2D eigenvalue weighted by atomic mass is 9.90. The maximum Gasteiger partial charge on any atom is 0.324 e. The summed E-state index contributed by atoms with van der Waals surface area (Å²) in [6.07, 6.45) is 4.51. The maximum absolute atomic E-state index is 12.0. The summed E-state index contributed by atoms with van der Waals surface area (Å²) in [4.78, 5) is 27.6. The molecule has 0 spiro atoms. The molecule has 0 aliphatic carbocycles. The van der Waals surface area contributed by atoms with Crippen molar-refractivity contribution in [3.8, 4) is 0 Å². The first-order valence-corrected chi connectivity index (χ1v) is 8.28. The molecule has 21 heavy (non-hydrogen) atoms. The van der Waals surface area contributed by atoms with Crippen LogP contribution in [0.3, 0.4) is 0 Å². The number of carbonyl (C=O) groups is 2. The van der Waals surface area contributed by atoms with Crippen molar-refractivity contribution in [2.75, 3.05) is 26.2 Å². The number of hydrogen-bond donors (Lipinski definition) is 1. The highest BCUT2D eigenvalue weighted by Crippen LogP contribution is 2.34. The van der Waals surface area contributed by atoms with Gasteiger partial charge >= 0.3 is 5.97 Å². The van der Waals surface area contributed by atoms with E-state index in [1.165, 1.54) is 0 Å². The van der Waals surface area contributed by atoms with Crippen LogP contribution in [0.2, 0.25) is 0 Å². The SMILES string of the molecule is CCCC1(C(=O)O)CCCN1CCCC(=O)N(CC)CC. The molecule has 1 rings (SSSR count). The number of rotatable bonds is 9. The summed E-state index contributed by atoms with van der Waals surface area (Å²) in [7, 11) is 0. The number of amides is 1. The van der Waals surface area contributed by atoms with Crippen LogP contribution in [-0.4, -0.2) is 58.5 Å². The van der Waals surface area contributed by atoms with Gasteiger partial charge in [-0.3, -0.25) is 14.5 Å². The van der Waals surface area contributed by atoms with Crippen molar-refractivity contribution < 1.29 is 14.7 Å². The lowest BCUT2D eigenvalue weighted by Gasteiger charge is -2.34. The van der Waals surface area contributed by atoms with Crippen LogP contribution in [0.5, 0.6) is 0 Å². The molecule has 0 aromatic carbocycles. The lowest BCUT2D eigenvalue weighted by molar-refractivity contribution is -0.150. The molecule has 1 amide bonds. The number of hydrogen-bond acceptors (Lipinski definition) is 3. The van der Waals surface area contributed by atoms with E-state index in [-0.39, 0.29) is 5.91 Å². The monoisotopic (exact) mass is 298 g/mol.